The maximum absolute atomic E-state index is 13.6. The van der Waals surface area contributed by atoms with Crippen molar-refractivity contribution in [2.75, 3.05) is 26.6 Å². The summed E-state index contributed by atoms with van der Waals surface area (Å²) >= 11 is 0. The Balaban J connectivity index is 1.94. The van der Waals surface area contributed by atoms with Gasteiger partial charge < -0.3 is 24.8 Å². The van der Waals surface area contributed by atoms with Gasteiger partial charge in [0.1, 0.15) is 0 Å². The Morgan fingerprint density at radius 2 is 1.62 bits per heavy atom. The Morgan fingerprint density at radius 3 is 2.25 bits per heavy atom. The highest BCUT2D eigenvalue weighted by Crippen LogP contribution is 2.27. The second-order valence-corrected chi connectivity index (χ2v) is 4.85. The molecular formula is C17H19FN2O4. The third-order valence-corrected chi connectivity index (χ3v) is 3.31. The zero-order valence-corrected chi connectivity index (χ0v) is 13.7. The van der Waals surface area contributed by atoms with Crippen molar-refractivity contribution in [2.45, 2.75) is 6.54 Å². The van der Waals surface area contributed by atoms with Gasteiger partial charge in [-0.3, -0.25) is 0 Å². The molecule has 0 atom stereocenters. The van der Waals surface area contributed by atoms with E-state index in [1.807, 2.05) is 6.07 Å². The fraction of sp³-hybridized carbons (Fsp3) is 0.235. The van der Waals surface area contributed by atoms with Crippen molar-refractivity contribution in [1.82, 2.24) is 5.32 Å². The molecule has 0 bridgehead atoms. The fourth-order valence-electron chi connectivity index (χ4n) is 2.09. The van der Waals surface area contributed by atoms with Gasteiger partial charge in [-0.05, 0) is 29.8 Å². The van der Waals surface area contributed by atoms with Gasteiger partial charge >= 0.3 is 6.03 Å². The largest absolute Gasteiger partial charge is 0.494 e. The Bertz CT molecular complexity index is 722. The van der Waals surface area contributed by atoms with Crippen LogP contribution >= 0.6 is 0 Å². The zero-order valence-electron chi connectivity index (χ0n) is 13.7. The predicted octanol–water partition coefficient (Wildman–Crippen LogP) is 3.17. The smallest absolute Gasteiger partial charge is 0.319 e. The molecule has 2 aromatic carbocycles. The summed E-state index contributed by atoms with van der Waals surface area (Å²) in [6.07, 6.45) is 0. The number of urea groups is 1. The fourth-order valence-corrected chi connectivity index (χ4v) is 2.09. The second-order valence-electron chi connectivity index (χ2n) is 4.85. The van der Waals surface area contributed by atoms with Gasteiger partial charge in [0.05, 0.1) is 21.3 Å². The number of carbonyl (C=O) groups is 1. The van der Waals surface area contributed by atoms with Crippen LogP contribution in [0.15, 0.2) is 36.4 Å². The van der Waals surface area contributed by atoms with Gasteiger partial charge in [0, 0.05) is 18.3 Å². The lowest BCUT2D eigenvalue weighted by Gasteiger charge is -2.11. The van der Waals surface area contributed by atoms with E-state index in [4.69, 9.17) is 14.2 Å². The quantitative estimate of drug-likeness (QED) is 0.851. The zero-order chi connectivity index (χ0) is 17.5. The van der Waals surface area contributed by atoms with Crippen molar-refractivity contribution in [3.05, 3.63) is 47.8 Å². The molecule has 2 rings (SSSR count). The maximum Gasteiger partial charge on any atom is 0.319 e. The summed E-state index contributed by atoms with van der Waals surface area (Å²) in [7, 11) is 4.47. The molecule has 0 fully saturated rings. The molecule has 2 aromatic rings. The molecule has 0 spiro atoms. The Morgan fingerprint density at radius 1 is 0.958 bits per heavy atom. The molecule has 0 radical (unpaired) electrons. The summed E-state index contributed by atoms with van der Waals surface area (Å²) in [4.78, 5) is 11.9. The number of methoxy groups -OCH3 is 3. The highest BCUT2D eigenvalue weighted by Gasteiger charge is 2.08. The lowest BCUT2D eigenvalue weighted by molar-refractivity contribution is 0.251. The third-order valence-electron chi connectivity index (χ3n) is 3.31. The van der Waals surface area contributed by atoms with Gasteiger partial charge in [-0.15, -0.1) is 0 Å². The molecule has 0 aromatic heterocycles. The Kier molecular flexibility index (Phi) is 5.83. The van der Waals surface area contributed by atoms with Crippen LogP contribution in [0.1, 0.15) is 5.56 Å². The van der Waals surface area contributed by atoms with Gasteiger partial charge in [0.25, 0.3) is 0 Å². The molecule has 0 heterocycles. The number of rotatable bonds is 6. The lowest BCUT2D eigenvalue weighted by Crippen LogP contribution is -2.28. The van der Waals surface area contributed by atoms with E-state index < -0.39 is 11.8 Å². The Labute approximate surface area is 139 Å². The molecule has 7 heteroatoms. The number of amides is 2. The van der Waals surface area contributed by atoms with E-state index >= 15 is 0 Å². The minimum Gasteiger partial charge on any atom is -0.494 e. The summed E-state index contributed by atoms with van der Waals surface area (Å²) in [6.45, 7) is 0.283. The molecule has 2 N–H and O–H groups in total. The SMILES string of the molecule is COc1ccc(NC(=O)NCc2ccc(OC)c(OC)c2)cc1F. The standard InChI is InChI=1S/C17H19FN2O4/c1-22-14-7-5-12(9-13(14)18)20-17(21)19-10-11-4-6-15(23-2)16(8-11)24-3/h4-9H,10H2,1-3H3,(H2,19,20,21). The van der Waals surface area contributed by atoms with Crippen molar-refractivity contribution in [3.63, 3.8) is 0 Å². The number of anilines is 1. The number of nitrogens with one attached hydrogen (secondary N) is 2. The van der Waals surface area contributed by atoms with E-state index in [0.717, 1.165) is 5.56 Å². The van der Waals surface area contributed by atoms with E-state index in [9.17, 15) is 9.18 Å². The lowest BCUT2D eigenvalue weighted by atomic mass is 10.2. The minimum absolute atomic E-state index is 0.117. The van der Waals surface area contributed by atoms with Gasteiger partial charge in [-0.1, -0.05) is 6.07 Å². The van der Waals surface area contributed by atoms with Crippen molar-refractivity contribution in [3.8, 4) is 17.2 Å². The van der Waals surface area contributed by atoms with Crippen LogP contribution in [0.5, 0.6) is 17.2 Å². The summed E-state index contributed by atoms with van der Waals surface area (Å²) in [5.74, 6) is 0.760. The average Bonchev–Trinajstić information content (AvgIpc) is 2.59. The molecule has 24 heavy (non-hydrogen) atoms. The molecular weight excluding hydrogens is 315 g/mol. The van der Waals surface area contributed by atoms with E-state index in [0.29, 0.717) is 17.2 Å². The number of carbonyl (C=O) groups excluding carboxylic acids is 1. The molecule has 0 aliphatic heterocycles. The number of halogens is 1. The minimum atomic E-state index is -0.546. The van der Waals surface area contributed by atoms with E-state index in [-0.39, 0.29) is 12.3 Å². The predicted molar refractivity (Wildman–Crippen MR) is 88.4 cm³/mol. The third kappa shape index (κ3) is 4.28. The van der Waals surface area contributed by atoms with E-state index in [1.165, 1.54) is 19.2 Å². The maximum atomic E-state index is 13.6. The monoisotopic (exact) mass is 334 g/mol. The molecule has 0 saturated heterocycles. The molecule has 0 saturated carbocycles. The molecule has 0 aliphatic rings. The number of hydrogen-bond acceptors (Lipinski definition) is 4. The molecule has 128 valence electrons. The van der Waals surface area contributed by atoms with Gasteiger partial charge in [0.15, 0.2) is 23.1 Å². The first-order chi connectivity index (χ1) is 11.6. The Hall–Kier alpha value is -2.96. The molecule has 6 nitrogen and oxygen atoms in total. The number of ether oxygens (including phenoxy) is 3. The first-order valence-corrected chi connectivity index (χ1v) is 7.16. The van der Waals surface area contributed by atoms with Crippen LogP contribution in [0.2, 0.25) is 0 Å². The topological polar surface area (TPSA) is 68.8 Å². The van der Waals surface area contributed by atoms with Gasteiger partial charge in [0.2, 0.25) is 0 Å². The summed E-state index contributed by atoms with van der Waals surface area (Å²) in [6, 6.07) is 9.08. The second kappa shape index (κ2) is 8.05. The first kappa shape index (κ1) is 17.4. The normalized spacial score (nSPS) is 10.0. The van der Waals surface area contributed by atoms with Gasteiger partial charge in [-0.2, -0.15) is 0 Å². The van der Waals surface area contributed by atoms with Crippen molar-refractivity contribution < 1.29 is 23.4 Å². The number of benzene rings is 2. The van der Waals surface area contributed by atoms with Crippen molar-refractivity contribution >= 4 is 11.7 Å². The van der Waals surface area contributed by atoms with Crippen LogP contribution in [0.3, 0.4) is 0 Å². The van der Waals surface area contributed by atoms with Crippen molar-refractivity contribution in [1.29, 1.82) is 0 Å². The summed E-state index contributed by atoms with van der Waals surface area (Å²) in [5.41, 5.74) is 1.17. The number of hydrogen-bond donors (Lipinski definition) is 2. The van der Waals surface area contributed by atoms with E-state index in [1.54, 1.807) is 32.4 Å². The van der Waals surface area contributed by atoms with E-state index in [2.05, 4.69) is 10.6 Å². The van der Waals surface area contributed by atoms with Crippen LogP contribution in [0.4, 0.5) is 14.9 Å². The van der Waals surface area contributed by atoms with Crippen LogP contribution < -0.4 is 24.8 Å². The first-order valence-electron chi connectivity index (χ1n) is 7.16. The molecule has 0 unspecified atom stereocenters. The summed E-state index contributed by atoms with van der Waals surface area (Å²) in [5, 5.41) is 5.24. The molecule has 2 amide bonds. The summed E-state index contributed by atoms with van der Waals surface area (Å²) < 4.78 is 28.8. The average molecular weight is 334 g/mol. The van der Waals surface area contributed by atoms with Crippen molar-refractivity contribution in [2.24, 2.45) is 0 Å². The molecule has 0 aliphatic carbocycles. The van der Waals surface area contributed by atoms with Crippen LogP contribution in [0.25, 0.3) is 0 Å². The van der Waals surface area contributed by atoms with Crippen LogP contribution in [-0.4, -0.2) is 27.4 Å². The van der Waals surface area contributed by atoms with Crippen LogP contribution in [-0.2, 0) is 6.54 Å². The highest BCUT2D eigenvalue weighted by molar-refractivity contribution is 5.89. The van der Waals surface area contributed by atoms with Gasteiger partial charge in [-0.25, -0.2) is 9.18 Å². The van der Waals surface area contributed by atoms with Crippen LogP contribution in [0, 0.1) is 5.82 Å². The highest BCUT2D eigenvalue weighted by atomic mass is 19.1.